The van der Waals surface area contributed by atoms with Crippen LogP contribution in [0.2, 0.25) is 0 Å². The van der Waals surface area contributed by atoms with Crippen LogP contribution in [0.1, 0.15) is 32.1 Å². The molecule has 7 heteroatoms. The van der Waals surface area contributed by atoms with Gasteiger partial charge in [0.25, 0.3) is 0 Å². The number of rotatable bonds is 4. The molecule has 2 heterocycles. The van der Waals surface area contributed by atoms with E-state index in [0.717, 1.165) is 29.3 Å². The first-order valence-electron chi connectivity index (χ1n) is 8.16. The second-order valence-electron chi connectivity index (χ2n) is 5.86. The molecule has 0 radical (unpaired) electrons. The molecule has 23 heavy (non-hydrogen) atoms. The van der Waals surface area contributed by atoms with E-state index >= 15 is 0 Å². The number of carbonyl (C=O) groups excluding carboxylic acids is 2. The van der Waals surface area contributed by atoms with Crippen molar-refractivity contribution in [3.05, 3.63) is 18.3 Å². The second kappa shape index (κ2) is 7.68. The topological polar surface area (TPSA) is 74.3 Å². The van der Waals surface area contributed by atoms with Crippen molar-refractivity contribution in [2.24, 2.45) is 0 Å². The highest BCUT2D eigenvalue weighted by molar-refractivity contribution is 7.99. The zero-order valence-electron chi connectivity index (χ0n) is 13.1. The van der Waals surface area contributed by atoms with E-state index in [-0.39, 0.29) is 11.9 Å². The predicted molar refractivity (Wildman–Crippen MR) is 90.7 cm³/mol. The Hall–Kier alpha value is -1.76. The van der Waals surface area contributed by atoms with Gasteiger partial charge < -0.3 is 10.6 Å². The molecule has 1 saturated carbocycles. The smallest absolute Gasteiger partial charge is 0.322 e. The van der Waals surface area contributed by atoms with Crippen LogP contribution in [-0.2, 0) is 4.79 Å². The predicted octanol–water partition coefficient (Wildman–Crippen LogP) is 2.15. The Balaban J connectivity index is 1.45. The van der Waals surface area contributed by atoms with Crippen LogP contribution in [0.3, 0.4) is 0 Å². The van der Waals surface area contributed by atoms with E-state index in [1.807, 2.05) is 12.1 Å². The van der Waals surface area contributed by atoms with Gasteiger partial charge in [-0.1, -0.05) is 12.8 Å². The van der Waals surface area contributed by atoms with Crippen molar-refractivity contribution in [3.63, 3.8) is 0 Å². The van der Waals surface area contributed by atoms with Gasteiger partial charge in [-0.3, -0.25) is 9.69 Å². The third kappa shape index (κ3) is 4.16. The Morgan fingerprint density at radius 1 is 1.35 bits per heavy atom. The van der Waals surface area contributed by atoms with Gasteiger partial charge in [0.05, 0.1) is 5.69 Å². The fraction of sp³-hybridized carbons (Fsp3) is 0.562. The standard InChI is InChI=1S/C16H22N4O2S/c21-14(19-12-4-1-2-5-12)7-9-18-16(22)20-10-11-23-15-13(20)6-3-8-17-15/h3,6,8,12H,1-2,4-5,7,9-11H2,(H,18,22)(H,19,21). The number of amides is 3. The van der Waals surface area contributed by atoms with Crippen LogP contribution in [0.15, 0.2) is 23.4 Å². The van der Waals surface area contributed by atoms with E-state index in [0.29, 0.717) is 25.6 Å². The highest BCUT2D eigenvalue weighted by Crippen LogP contribution is 2.32. The zero-order chi connectivity index (χ0) is 16.1. The number of nitrogens with one attached hydrogen (secondary N) is 2. The molecule has 1 aliphatic heterocycles. The van der Waals surface area contributed by atoms with Crippen molar-refractivity contribution in [3.8, 4) is 0 Å². The maximum atomic E-state index is 12.3. The lowest BCUT2D eigenvalue weighted by atomic mass is 10.2. The quantitative estimate of drug-likeness (QED) is 0.885. The van der Waals surface area contributed by atoms with Crippen molar-refractivity contribution in [2.45, 2.75) is 43.2 Å². The van der Waals surface area contributed by atoms with Crippen LogP contribution in [0.25, 0.3) is 0 Å². The lowest BCUT2D eigenvalue weighted by Gasteiger charge is -2.28. The first-order chi connectivity index (χ1) is 11.2. The van der Waals surface area contributed by atoms with Gasteiger partial charge in [0.15, 0.2) is 0 Å². The van der Waals surface area contributed by atoms with E-state index < -0.39 is 0 Å². The summed E-state index contributed by atoms with van der Waals surface area (Å²) in [5, 5.41) is 6.75. The Morgan fingerprint density at radius 3 is 3.00 bits per heavy atom. The number of urea groups is 1. The lowest BCUT2D eigenvalue weighted by Crippen LogP contribution is -2.44. The zero-order valence-corrected chi connectivity index (χ0v) is 13.9. The molecular formula is C16H22N4O2S. The van der Waals surface area contributed by atoms with Gasteiger partial charge in [-0.15, -0.1) is 11.8 Å². The molecule has 0 atom stereocenters. The largest absolute Gasteiger partial charge is 0.353 e. The number of pyridine rings is 1. The molecule has 1 fully saturated rings. The summed E-state index contributed by atoms with van der Waals surface area (Å²) in [5.41, 5.74) is 0.844. The maximum absolute atomic E-state index is 12.3. The van der Waals surface area contributed by atoms with Crippen molar-refractivity contribution in [1.82, 2.24) is 15.6 Å². The fourth-order valence-electron chi connectivity index (χ4n) is 3.01. The van der Waals surface area contributed by atoms with Crippen LogP contribution < -0.4 is 15.5 Å². The van der Waals surface area contributed by atoms with Crippen LogP contribution in [0.5, 0.6) is 0 Å². The highest BCUT2D eigenvalue weighted by Gasteiger charge is 2.23. The summed E-state index contributed by atoms with van der Waals surface area (Å²) in [6.45, 7) is 1.01. The van der Waals surface area contributed by atoms with Gasteiger partial charge in [-0.2, -0.15) is 0 Å². The molecule has 3 rings (SSSR count). The van der Waals surface area contributed by atoms with E-state index in [4.69, 9.17) is 0 Å². The molecule has 0 saturated heterocycles. The molecule has 3 amide bonds. The van der Waals surface area contributed by atoms with Crippen molar-refractivity contribution < 1.29 is 9.59 Å². The Kier molecular flexibility index (Phi) is 5.38. The van der Waals surface area contributed by atoms with Gasteiger partial charge in [0, 0.05) is 37.5 Å². The SMILES string of the molecule is O=C(CCNC(=O)N1CCSc2ncccc21)NC1CCCC1. The van der Waals surface area contributed by atoms with E-state index in [1.54, 1.807) is 22.9 Å². The number of nitrogens with zero attached hydrogens (tertiary/aromatic N) is 2. The summed E-state index contributed by atoms with van der Waals surface area (Å²) in [7, 11) is 0. The van der Waals surface area contributed by atoms with Crippen molar-refractivity contribution in [2.75, 3.05) is 23.7 Å². The number of hydrogen-bond donors (Lipinski definition) is 2. The molecule has 1 aromatic rings. The first-order valence-corrected chi connectivity index (χ1v) is 9.15. The molecule has 0 unspecified atom stereocenters. The third-order valence-electron chi connectivity index (χ3n) is 4.19. The fourth-order valence-corrected chi connectivity index (χ4v) is 3.94. The Labute approximate surface area is 140 Å². The van der Waals surface area contributed by atoms with E-state index in [1.165, 1.54) is 12.8 Å². The van der Waals surface area contributed by atoms with Crippen molar-refractivity contribution in [1.29, 1.82) is 0 Å². The van der Waals surface area contributed by atoms with Crippen molar-refractivity contribution >= 4 is 29.4 Å². The summed E-state index contributed by atoms with van der Waals surface area (Å²) >= 11 is 1.66. The Morgan fingerprint density at radius 2 is 2.17 bits per heavy atom. The average molecular weight is 334 g/mol. The summed E-state index contributed by atoms with van der Waals surface area (Å²) in [6.07, 6.45) is 6.61. The van der Waals surface area contributed by atoms with Gasteiger partial charge >= 0.3 is 6.03 Å². The minimum Gasteiger partial charge on any atom is -0.353 e. The third-order valence-corrected chi connectivity index (χ3v) is 5.16. The minimum atomic E-state index is -0.159. The number of fused-ring (bicyclic) bond motifs is 1. The normalized spacial score (nSPS) is 17.7. The summed E-state index contributed by atoms with van der Waals surface area (Å²) < 4.78 is 0. The monoisotopic (exact) mass is 334 g/mol. The number of carbonyl (C=O) groups is 2. The molecule has 2 N–H and O–H groups in total. The molecule has 0 aromatic carbocycles. The number of anilines is 1. The molecule has 2 aliphatic rings. The van der Waals surface area contributed by atoms with Crippen LogP contribution in [0, 0.1) is 0 Å². The van der Waals surface area contributed by atoms with Gasteiger partial charge in [-0.25, -0.2) is 9.78 Å². The molecule has 1 aromatic heterocycles. The van der Waals surface area contributed by atoms with Crippen LogP contribution in [0.4, 0.5) is 10.5 Å². The Bertz CT molecular complexity index is 575. The van der Waals surface area contributed by atoms with Gasteiger partial charge in [0.2, 0.25) is 5.91 Å². The molecule has 0 bridgehead atoms. The van der Waals surface area contributed by atoms with Gasteiger partial charge in [0.1, 0.15) is 5.03 Å². The number of hydrogen-bond acceptors (Lipinski definition) is 4. The van der Waals surface area contributed by atoms with Crippen LogP contribution >= 0.6 is 11.8 Å². The highest BCUT2D eigenvalue weighted by atomic mass is 32.2. The van der Waals surface area contributed by atoms with Gasteiger partial charge in [-0.05, 0) is 25.0 Å². The molecule has 0 spiro atoms. The van der Waals surface area contributed by atoms with E-state index in [2.05, 4.69) is 15.6 Å². The summed E-state index contributed by atoms with van der Waals surface area (Å²) in [4.78, 5) is 30.2. The summed E-state index contributed by atoms with van der Waals surface area (Å²) in [5.74, 6) is 0.855. The first kappa shape index (κ1) is 16.1. The molecule has 1 aliphatic carbocycles. The number of thioether (sulfide) groups is 1. The molecule has 6 nitrogen and oxygen atoms in total. The maximum Gasteiger partial charge on any atom is 0.322 e. The molecular weight excluding hydrogens is 312 g/mol. The van der Waals surface area contributed by atoms with E-state index in [9.17, 15) is 9.59 Å². The average Bonchev–Trinajstić information content (AvgIpc) is 3.07. The number of aromatic nitrogens is 1. The minimum absolute atomic E-state index is 0.0217. The molecule has 124 valence electrons. The van der Waals surface area contributed by atoms with Crippen LogP contribution in [-0.4, -0.2) is 41.8 Å². The summed E-state index contributed by atoms with van der Waals surface area (Å²) in [6, 6.07) is 3.91. The second-order valence-corrected chi connectivity index (χ2v) is 6.94. The lowest BCUT2D eigenvalue weighted by molar-refractivity contribution is -0.121.